The van der Waals surface area contributed by atoms with Crippen molar-refractivity contribution in [3.8, 4) is 12.3 Å². The molecule has 0 heterocycles. The van der Waals surface area contributed by atoms with E-state index in [0.29, 0.717) is 0 Å². The maximum absolute atomic E-state index is 13.8. The first kappa shape index (κ1) is 32.1. The zero-order valence-electron chi connectivity index (χ0n) is 24.3. The van der Waals surface area contributed by atoms with Gasteiger partial charge >= 0.3 is 24.1 Å². The largest absolute Gasteiger partial charge is 0.469 e. The fourth-order valence-electron chi connectivity index (χ4n) is 5.24. The summed E-state index contributed by atoms with van der Waals surface area (Å²) in [5.74, 6) is -3.12. The quantitative estimate of drug-likeness (QED) is 0.212. The first-order valence-electron chi connectivity index (χ1n) is 14.1. The number of aryl methyl sites for hydroxylation is 1. The summed E-state index contributed by atoms with van der Waals surface area (Å²) in [6, 6.07) is 5.95. The SMILES string of the molecule is C#CCN(C[C@H]1[C@H](OC(=O)NC2CC2)[C@H](OC(=O)NC2CC2)C[C@@H](C(=O)OC)[C@H]1C(=O)OC)S(=O)(=O)c1ccc(C)cc1. The molecule has 0 spiro atoms. The minimum atomic E-state index is -4.24. The predicted molar refractivity (Wildman–Crippen MR) is 151 cm³/mol. The summed E-state index contributed by atoms with van der Waals surface area (Å²) in [6.07, 6.45) is 4.17. The van der Waals surface area contributed by atoms with Crippen molar-refractivity contribution in [3.05, 3.63) is 29.8 Å². The van der Waals surface area contributed by atoms with E-state index in [9.17, 15) is 27.6 Å². The molecule has 5 atom stereocenters. The van der Waals surface area contributed by atoms with Crippen LogP contribution in [0, 0.1) is 37.0 Å². The summed E-state index contributed by atoms with van der Waals surface area (Å²) in [5, 5.41) is 5.38. The first-order valence-corrected chi connectivity index (χ1v) is 15.5. The summed E-state index contributed by atoms with van der Waals surface area (Å²) < 4.78 is 50.1. The fraction of sp³-hybridized carbons (Fsp3) is 0.586. The molecule has 2 amide bonds. The lowest BCUT2D eigenvalue weighted by atomic mass is 9.68. The number of nitrogens with one attached hydrogen (secondary N) is 2. The molecule has 0 bridgehead atoms. The molecule has 43 heavy (non-hydrogen) atoms. The van der Waals surface area contributed by atoms with Crippen molar-refractivity contribution >= 4 is 34.1 Å². The van der Waals surface area contributed by atoms with E-state index >= 15 is 0 Å². The van der Waals surface area contributed by atoms with Crippen molar-refractivity contribution in [1.82, 2.24) is 14.9 Å². The molecule has 0 aromatic heterocycles. The van der Waals surface area contributed by atoms with Gasteiger partial charge in [0.1, 0.15) is 12.2 Å². The number of terminal acetylenes is 1. The average molecular weight is 620 g/mol. The molecule has 14 heteroatoms. The van der Waals surface area contributed by atoms with Crippen molar-refractivity contribution in [2.45, 2.75) is 68.2 Å². The second kappa shape index (κ2) is 13.6. The third-order valence-electron chi connectivity index (χ3n) is 7.79. The Balaban J connectivity index is 1.77. The number of benzene rings is 1. The van der Waals surface area contributed by atoms with Crippen LogP contribution in [0.15, 0.2) is 29.2 Å². The Morgan fingerprint density at radius 2 is 1.49 bits per heavy atom. The van der Waals surface area contributed by atoms with E-state index in [1.54, 1.807) is 19.1 Å². The van der Waals surface area contributed by atoms with Gasteiger partial charge < -0.3 is 29.6 Å². The van der Waals surface area contributed by atoms with Gasteiger partial charge in [0.2, 0.25) is 10.0 Å². The number of nitrogens with zero attached hydrogens (tertiary/aromatic N) is 1. The maximum atomic E-state index is 13.8. The normalized spacial score (nSPS) is 25.1. The Morgan fingerprint density at radius 3 is 2.00 bits per heavy atom. The number of hydrogen-bond acceptors (Lipinski definition) is 10. The van der Waals surface area contributed by atoms with Crippen LogP contribution in [0.3, 0.4) is 0 Å². The lowest BCUT2D eigenvalue weighted by Gasteiger charge is -2.44. The molecule has 1 aromatic carbocycles. The van der Waals surface area contributed by atoms with Crippen molar-refractivity contribution in [2.24, 2.45) is 17.8 Å². The minimum absolute atomic E-state index is 0.0520. The average Bonchev–Trinajstić information content (AvgIpc) is 3.91. The van der Waals surface area contributed by atoms with Gasteiger partial charge in [0.25, 0.3) is 0 Å². The predicted octanol–water partition coefficient (Wildman–Crippen LogP) is 1.73. The molecule has 0 unspecified atom stereocenters. The van der Waals surface area contributed by atoms with E-state index in [1.807, 2.05) is 0 Å². The summed E-state index contributed by atoms with van der Waals surface area (Å²) in [4.78, 5) is 52.0. The summed E-state index contributed by atoms with van der Waals surface area (Å²) in [7, 11) is -1.98. The Labute approximate surface area is 251 Å². The Hall–Kier alpha value is -3.83. The number of methoxy groups -OCH3 is 2. The van der Waals surface area contributed by atoms with Crippen molar-refractivity contribution in [2.75, 3.05) is 27.3 Å². The van der Waals surface area contributed by atoms with Crippen LogP contribution in [0.2, 0.25) is 0 Å². The number of esters is 2. The summed E-state index contributed by atoms with van der Waals surface area (Å²) in [5.41, 5.74) is 0.834. The highest BCUT2D eigenvalue weighted by Gasteiger charge is 2.55. The number of alkyl carbamates (subject to hydrolysis) is 2. The molecule has 0 aliphatic heterocycles. The molecule has 1 aromatic rings. The van der Waals surface area contributed by atoms with Crippen LogP contribution in [-0.4, -0.2) is 88.4 Å². The van der Waals surface area contributed by atoms with Crippen molar-refractivity contribution < 1.29 is 46.5 Å². The van der Waals surface area contributed by atoms with Gasteiger partial charge in [-0.25, -0.2) is 18.0 Å². The molecular formula is C29H37N3O10S. The first-order chi connectivity index (χ1) is 20.5. The highest BCUT2D eigenvalue weighted by atomic mass is 32.2. The number of amides is 2. The third kappa shape index (κ3) is 7.97. The van der Waals surface area contributed by atoms with Crippen LogP contribution in [-0.2, 0) is 38.6 Å². The van der Waals surface area contributed by atoms with Gasteiger partial charge in [-0.2, -0.15) is 4.31 Å². The van der Waals surface area contributed by atoms with Gasteiger partial charge in [0.15, 0.2) is 0 Å². The van der Waals surface area contributed by atoms with Crippen LogP contribution in [0.4, 0.5) is 9.59 Å². The van der Waals surface area contributed by atoms with Crippen LogP contribution < -0.4 is 10.6 Å². The van der Waals surface area contributed by atoms with Gasteiger partial charge in [-0.1, -0.05) is 23.6 Å². The molecular weight excluding hydrogens is 582 g/mol. The number of carbonyl (C=O) groups excluding carboxylic acids is 4. The van der Waals surface area contributed by atoms with Crippen molar-refractivity contribution in [1.29, 1.82) is 0 Å². The Kier molecular flexibility index (Phi) is 10.2. The molecule has 234 valence electrons. The highest BCUT2D eigenvalue weighted by molar-refractivity contribution is 7.89. The number of sulfonamides is 1. The van der Waals surface area contributed by atoms with Crippen LogP contribution in [0.25, 0.3) is 0 Å². The fourth-order valence-corrected chi connectivity index (χ4v) is 6.63. The lowest BCUT2D eigenvalue weighted by molar-refractivity contribution is -0.174. The standard InChI is InChI=1S/C29H37N3O10S/c1-5-14-32(43(37,38)20-12-6-17(2)7-13-20)16-22-24(27(34)40-4)21(26(33)39-3)15-23(41-28(35)30-18-8-9-18)25(22)42-29(36)31-19-10-11-19/h1,6-7,12-13,18-19,21-25H,8-11,14-16H2,2-4H3,(H,30,35)(H,31,36)/t21-,22-,23-,24-,25+/m1/s1. The number of rotatable bonds is 11. The summed E-state index contributed by atoms with van der Waals surface area (Å²) in [6.45, 7) is 0.928. The van der Waals surface area contributed by atoms with Gasteiger partial charge in [-0.05, 0) is 44.7 Å². The van der Waals surface area contributed by atoms with E-state index in [2.05, 4.69) is 16.6 Å². The highest BCUT2D eigenvalue weighted by Crippen LogP contribution is 2.41. The number of hydrogen-bond donors (Lipinski definition) is 2. The van der Waals surface area contributed by atoms with Gasteiger partial charge in [-0.15, -0.1) is 6.42 Å². The van der Waals surface area contributed by atoms with Crippen LogP contribution >= 0.6 is 0 Å². The molecule has 3 fully saturated rings. The van der Waals surface area contributed by atoms with Gasteiger partial charge in [0, 0.05) is 31.0 Å². The lowest BCUT2D eigenvalue weighted by Crippen LogP contribution is -2.59. The van der Waals surface area contributed by atoms with Gasteiger partial charge in [0.05, 0.1) is 37.5 Å². The molecule has 4 rings (SSSR count). The molecule has 0 saturated heterocycles. The second-order valence-corrected chi connectivity index (χ2v) is 13.0. The van der Waals surface area contributed by atoms with Crippen LogP contribution in [0.1, 0.15) is 37.7 Å². The third-order valence-corrected chi connectivity index (χ3v) is 9.61. The van der Waals surface area contributed by atoms with E-state index in [1.165, 1.54) is 12.1 Å². The molecule has 3 aliphatic rings. The zero-order chi connectivity index (χ0) is 31.3. The number of carbonyl (C=O) groups is 4. The Bertz CT molecular complexity index is 1350. The molecule has 0 radical (unpaired) electrons. The summed E-state index contributed by atoms with van der Waals surface area (Å²) >= 11 is 0. The molecule has 2 N–H and O–H groups in total. The van der Waals surface area contributed by atoms with E-state index in [0.717, 1.165) is 49.8 Å². The van der Waals surface area contributed by atoms with Crippen molar-refractivity contribution in [3.63, 3.8) is 0 Å². The smallest absolute Gasteiger partial charge is 0.407 e. The zero-order valence-corrected chi connectivity index (χ0v) is 25.1. The van der Waals surface area contributed by atoms with Crippen LogP contribution in [0.5, 0.6) is 0 Å². The van der Waals surface area contributed by atoms with E-state index in [4.69, 9.17) is 25.4 Å². The second-order valence-electron chi connectivity index (χ2n) is 11.0. The topological polar surface area (TPSA) is 167 Å². The minimum Gasteiger partial charge on any atom is -0.469 e. The molecule has 3 aliphatic carbocycles. The number of ether oxygens (including phenoxy) is 4. The van der Waals surface area contributed by atoms with E-state index in [-0.39, 0.29) is 23.4 Å². The maximum Gasteiger partial charge on any atom is 0.407 e. The Morgan fingerprint density at radius 1 is 0.930 bits per heavy atom. The molecule has 13 nitrogen and oxygen atoms in total. The van der Waals surface area contributed by atoms with Gasteiger partial charge in [-0.3, -0.25) is 9.59 Å². The van der Waals surface area contributed by atoms with E-state index < -0.39 is 77.2 Å². The molecule has 3 saturated carbocycles. The monoisotopic (exact) mass is 619 g/mol.